The van der Waals surface area contributed by atoms with E-state index >= 15 is 0 Å². The molecule has 1 aliphatic carbocycles. The average Bonchev–Trinajstić information content (AvgIpc) is 2.42. The van der Waals surface area contributed by atoms with Crippen LogP contribution in [0.25, 0.3) is 0 Å². The normalized spacial score (nSPS) is 16.7. The molecular formula is C11H16N2O2. The number of hydrogen-bond donors (Lipinski definition) is 1. The van der Waals surface area contributed by atoms with Gasteiger partial charge in [0.1, 0.15) is 0 Å². The van der Waals surface area contributed by atoms with Crippen LogP contribution >= 0.6 is 0 Å². The van der Waals surface area contributed by atoms with Crippen LogP contribution in [0.5, 0.6) is 0 Å². The summed E-state index contributed by atoms with van der Waals surface area (Å²) in [5.74, 6) is 0. The van der Waals surface area contributed by atoms with E-state index < -0.39 is 0 Å². The molecule has 82 valence electrons. The summed E-state index contributed by atoms with van der Waals surface area (Å²) in [5, 5.41) is 10.6. The molecule has 1 aromatic rings. The van der Waals surface area contributed by atoms with Gasteiger partial charge in [-0.25, -0.2) is 0 Å². The largest absolute Gasteiger partial charge is 0.344 e. The third-order valence-corrected chi connectivity index (χ3v) is 3.05. The minimum atomic E-state index is -0.325. The fourth-order valence-corrected chi connectivity index (χ4v) is 2.11. The molecule has 0 heterocycles. The van der Waals surface area contributed by atoms with Gasteiger partial charge in [0, 0.05) is 12.1 Å². The van der Waals surface area contributed by atoms with Gasteiger partial charge in [-0.15, -0.1) is 0 Å². The number of nitro benzene ring substituents is 1. The molecule has 0 saturated carbocycles. The van der Waals surface area contributed by atoms with Gasteiger partial charge < -0.3 is 6.15 Å². The van der Waals surface area contributed by atoms with E-state index in [0.29, 0.717) is 0 Å². The van der Waals surface area contributed by atoms with Crippen LogP contribution in [0, 0.1) is 10.1 Å². The fourth-order valence-electron chi connectivity index (χ4n) is 2.11. The van der Waals surface area contributed by atoms with Crippen LogP contribution in [-0.4, -0.2) is 4.92 Å². The molecule has 1 aliphatic rings. The monoisotopic (exact) mass is 208 g/mol. The van der Waals surface area contributed by atoms with Crippen molar-refractivity contribution in [2.45, 2.75) is 32.1 Å². The van der Waals surface area contributed by atoms with Crippen LogP contribution < -0.4 is 6.15 Å². The SMILES string of the molecule is CC1(C)CCc2ccc([N+](=O)[O-])cc21.N. The van der Waals surface area contributed by atoms with E-state index in [9.17, 15) is 10.1 Å². The van der Waals surface area contributed by atoms with Crippen molar-refractivity contribution < 1.29 is 4.92 Å². The van der Waals surface area contributed by atoms with Gasteiger partial charge >= 0.3 is 0 Å². The van der Waals surface area contributed by atoms with Gasteiger partial charge in [0.05, 0.1) is 4.92 Å². The number of hydrogen-bond acceptors (Lipinski definition) is 3. The lowest BCUT2D eigenvalue weighted by Crippen LogP contribution is -2.11. The van der Waals surface area contributed by atoms with Crippen molar-refractivity contribution >= 4 is 5.69 Å². The molecule has 15 heavy (non-hydrogen) atoms. The molecule has 1 aromatic carbocycles. The zero-order chi connectivity index (χ0) is 10.3. The number of rotatable bonds is 1. The second-order valence-electron chi connectivity index (χ2n) is 4.48. The summed E-state index contributed by atoms with van der Waals surface area (Å²) in [6.45, 7) is 4.28. The van der Waals surface area contributed by atoms with Gasteiger partial charge in [0.25, 0.3) is 5.69 Å². The van der Waals surface area contributed by atoms with Gasteiger partial charge in [-0.2, -0.15) is 0 Å². The van der Waals surface area contributed by atoms with Gasteiger partial charge in [-0.05, 0) is 29.4 Å². The zero-order valence-electron chi connectivity index (χ0n) is 9.12. The molecule has 0 radical (unpaired) electrons. The Hall–Kier alpha value is -1.42. The molecule has 0 spiro atoms. The van der Waals surface area contributed by atoms with Crippen LogP contribution in [0.15, 0.2) is 18.2 Å². The number of nitrogens with zero attached hydrogens (tertiary/aromatic N) is 1. The van der Waals surface area contributed by atoms with E-state index in [4.69, 9.17) is 0 Å². The van der Waals surface area contributed by atoms with Gasteiger partial charge in [0.2, 0.25) is 0 Å². The van der Waals surface area contributed by atoms with E-state index in [0.717, 1.165) is 18.4 Å². The molecule has 0 atom stereocenters. The predicted octanol–water partition coefficient (Wildman–Crippen LogP) is 2.98. The molecule has 4 nitrogen and oxygen atoms in total. The summed E-state index contributed by atoms with van der Waals surface area (Å²) in [6.07, 6.45) is 2.13. The number of aryl methyl sites for hydroxylation is 1. The number of non-ortho nitro benzene ring substituents is 1. The Labute approximate surface area is 89.0 Å². The first kappa shape index (κ1) is 11.7. The Kier molecular flexibility index (Phi) is 2.81. The molecular weight excluding hydrogens is 192 g/mol. The molecule has 0 aliphatic heterocycles. The lowest BCUT2D eigenvalue weighted by Gasteiger charge is -2.18. The Morgan fingerprint density at radius 2 is 2.07 bits per heavy atom. The average molecular weight is 208 g/mol. The van der Waals surface area contributed by atoms with E-state index in [1.54, 1.807) is 12.1 Å². The van der Waals surface area contributed by atoms with Gasteiger partial charge in [0.15, 0.2) is 0 Å². The lowest BCUT2D eigenvalue weighted by molar-refractivity contribution is -0.385. The Bertz CT molecular complexity index is 400. The van der Waals surface area contributed by atoms with Crippen LogP contribution in [-0.2, 0) is 11.8 Å². The third-order valence-electron chi connectivity index (χ3n) is 3.05. The first-order chi connectivity index (χ1) is 6.50. The van der Waals surface area contributed by atoms with E-state index in [1.807, 2.05) is 6.07 Å². The molecule has 4 heteroatoms. The summed E-state index contributed by atoms with van der Waals surface area (Å²) >= 11 is 0. The summed E-state index contributed by atoms with van der Waals surface area (Å²) in [6, 6.07) is 5.21. The van der Waals surface area contributed by atoms with Crippen molar-refractivity contribution in [3.8, 4) is 0 Å². The summed E-state index contributed by atoms with van der Waals surface area (Å²) < 4.78 is 0. The quantitative estimate of drug-likeness (QED) is 0.569. The van der Waals surface area contributed by atoms with Crippen molar-refractivity contribution in [2.24, 2.45) is 0 Å². The van der Waals surface area contributed by atoms with Gasteiger partial charge in [-0.1, -0.05) is 19.9 Å². The van der Waals surface area contributed by atoms with Crippen LogP contribution in [0.2, 0.25) is 0 Å². The highest BCUT2D eigenvalue weighted by Gasteiger charge is 2.30. The summed E-state index contributed by atoms with van der Waals surface area (Å²) in [7, 11) is 0. The topological polar surface area (TPSA) is 78.1 Å². The maximum absolute atomic E-state index is 10.6. The second-order valence-corrected chi connectivity index (χ2v) is 4.48. The predicted molar refractivity (Wildman–Crippen MR) is 59.5 cm³/mol. The minimum Gasteiger partial charge on any atom is -0.344 e. The smallest absolute Gasteiger partial charge is 0.269 e. The van der Waals surface area contributed by atoms with E-state index in [2.05, 4.69) is 13.8 Å². The van der Waals surface area contributed by atoms with Crippen molar-refractivity contribution in [2.75, 3.05) is 0 Å². The molecule has 2 rings (SSSR count). The van der Waals surface area contributed by atoms with Gasteiger partial charge in [-0.3, -0.25) is 10.1 Å². The van der Waals surface area contributed by atoms with Crippen LogP contribution in [0.1, 0.15) is 31.4 Å². The molecule has 0 amide bonds. The van der Waals surface area contributed by atoms with Crippen molar-refractivity contribution in [3.63, 3.8) is 0 Å². The Morgan fingerprint density at radius 3 is 2.67 bits per heavy atom. The van der Waals surface area contributed by atoms with E-state index in [1.165, 1.54) is 5.56 Å². The maximum atomic E-state index is 10.6. The standard InChI is InChI=1S/C11H13NO2.H3N/c1-11(2)6-5-8-3-4-9(12(13)14)7-10(8)11;/h3-4,7H,5-6H2,1-2H3;1H3. The number of benzene rings is 1. The van der Waals surface area contributed by atoms with Crippen molar-refractivity contribution in [1.29, 1.82) is 0 Å². The van der Waals surface area contributed by atoms with Crippen molar-refractivity contribution in [1.82, 2.24) is 6.15 Å². The first-order valence-corrected chi connectivity index (χ1v) is 4.78. The third kappa shape index (κ3) is 1.85. The number of nitro groups is 1. The minimum absolute atomic E-state index is 0. The molecule has 0 bridgehead atoms. The molecule has 0 saturated heterocycles. The molecule has 3 N–H and O–H groups in total. The molecule has 0 fully saturated rings. The van der Waals surface area contributed by atoms with Crippen molar-refractivity contribution in [3.05, 3.63) is 39.4 Å². The zero-order valence-corrected chi connectivity index (χ0v) is 9.12. The highest BCUT2D eigenvalue weighted by atomic mass is 16.6. The Balaban J connectivity index is 0.00000112. The summed E-state index contributed by atoms with van der Waals surface area (Å²) in [5.41, 5.74) is 2.72. The van der Waals surface area contributed by atoms with Crippen LogP contribution in [0.3, 0.4) is 0 Å². The second kappa shape index (κ2) is 3.62. The molecule has 0 unspecified atom stereocenters. The molecule has 0 aromatic heterocycles. The maximum Gasteiger partial charge on any atom is 0.269 e. The van der Waals surface area contributed by atoms with Crippen LogP contribution in [0.4, 0.5) is 5.69 Å². The number of fused-ring (bicyclic) bond motifs is 1. The lowest BCUT2D eigenvalue weighted by atomic mass is 9.86. The Morgan fingerprint density at radius 1 is 1.40 bits per heavy atom. The highest BCUT2D eigenvalue weighted by molar-refractivity contribution is 5.46. The highest BCUT2D eigenvalue weighted by Crippen LogP contribution is 2.39. The summed E-state index contributed by atoms with van der Waals surface area (Å²) in [4.78, 5) is 10.3. The van der Waals surface area contributed by atoms with E-state index in [-0.39, 0.29) is 22.2 Å². The fraction of sp³-hybridized carbons (Fsp3) is 0.455. The first-order valence-electron chi connectivity index (χ1n) is 4.78.